The Hall–Kier alpha value is -3.32. The maximum atomic E-state index is 14.0. The van der Waals surface area contributed by atoms with E-state index in [2.05, 4.69) is 5.16 Å². The Kier molecular flexibility index (Phi) is 6.87. The van der Waals surface area contributed by atoms with E-state index in [1.54, 1.807) is 0 Å². The van der Waals surface area contributed by atoms with Gasteiger partial charge in [0.1, 0.15) is 23.8 Å². The van der Waals surface area contributed by atoms with Crippen LogP contribution in [0.5, 0.6) is 5.75 Å². The van der Waals surface area contributed by atoms with E-state index < -0.39 is 0 Å². The number of halogens is 1. The molecule has 7 nitrogen and oxygen atoms in total. The van der Waals surface area contributed by atoms with Crippen molar-refractivity contribution in [3.8, 4) is 5.75 Å². The van der Waals surface area contributed by atoms with Crippen molar-refractivity contribution in [3.63, 3.8) is 0 Å². The lowest BCUT2D eigenvalue weighted by atomic mass is 9.85. The summed E-state index contributed by atoms with van der Waals surface area (Å²) in [7, 11) is 0. The number of nitrogens with zero attached hydrogens (tertiary/aromatic N) is 3. The highest BCUT2D eigenvalue weighted by Gasteiger charge is 2.40. The van der Waals surface area contributed by atoms with Crippen LogP contribution in [-0.4, -0.2) is 39.9 Å². The van der Waals surface area contributed by atoms with Gasteiger partial charge in [-0.3, -0.25) is 9.59 Å². The number of carbonyl (C=O) groups excluding carboxylic acids is 2. The number of amides is 2. The van der Waals surface area contributed by atoms with Crippen LogP contribution in [0.3, 0.4) is 0 Å². The molecule has 0 saturated heterocycles. The summed E-state index contributed by atoms with van der Waals surface area (Å²) in [5, 5.41) is 4.72. The summed E-state index contributed by atoms with van der Waals surface area (Å²) in [5.41, 5.74) is 4.33. The van der Waals surface area contributed by atoms with Crippen LogP contribution in [0.15, 0.2) is 47.0 Å². The minimum atomic E-state index is -0.348. The molecule has 2 aliphatic heterocycles. The monoisotopic (exact) mass is 533 g/mol. The van der Waals surface area contributed by atoms with E-state index in [4.69, 9.17) is 20.9 Å². The zero-order chi connectivity index (χ0) is 26.2. The SMILES string of the molecule is Cc1cc(COc2ccc(Cl)c3c2[C@@H](CN2Cc4ccccc4C2=O)N(C(=O)C2CCCCC2)CC3)no1. The first-order chi connectivity index (χ1) is 18.5. The van der Waals surface area contributed by atoms with Crippen LogP contribution < -0.4 is 4.74 Å². The molecule has 0 spiro atoms. The molecule has 1 atom stereocenters. The van der Waals surface area contributed by atoms with Crippen molar-refractivity contribution in [2.75, 3.05) is 13.1 Å². The summed E-state index contributed by atoms with van der Waals surface area (Å²) in [6.45, 7) is 3.58. The Morgan fingerprint density at radius 3 is 2.74 bits per heavy atom. The molecule has 0 N–H and O–H groups in total. The second-order valence-electron chi connectivity index (χ2n) is 10.6. The van der Waals surface area contributed by atoms with E-state index >= 15 is 0 Å². The van der Waals surface area contributed by atoms with E-state index in [0.717, 1.165) is 53.7 Å². The van der Waals surface area contributed by atoms with E-state index in [9.17, 15) is 9.59 Å². The molecule has 1 fully saturated rings. The molecule has 1 aliphatic carbocycles. The van der Waals surface area contributed by atoms with Crippen molar-refractivity contribution < 1.29 is 18.8 Å². The average Bonchev–Trinajstić information content (AvgIpc) is 3.50. The van der Waals surface area contributed by atoms with Crippen LogP contribution in [0.25, 0.3) is 0 Å². The topological polar surface area (TPSA) is 75.9 Å². The third kappa shape index (κ3) is 4.68. The Morgan fingerprint density at radius 2 is 1.97 bits per heavy atom. The van der Waals surface area contributed by atoms with Crippen molar-refractivity contribution in [3.05, 3.63) is 81.2 Å². The molecule has 0 unspecified atom stereocenters. The van der Waals surface area contributed by atoms with E-state index in [1.807, 2.05) is 59.2 Å². The first-order valence-electron chi connectivity index (χ1n) is 13.5. The van der Waals surface area contributed by atoms with Gasteiger partial charge in [0.2, 0.25) is 5.91 Å². The molecule has 1 saturated carbocycles. The van der Waals surface area contributed by atoms with Gasteiger partial charge in [0, 0.05) is 47.8 Å². The number of aryl methyl sites for hydroxylation is 1. The summed E-state index contributed by atoms with van der Waals surface area (Å²) >= 11 is 6.73. The molecule has 0 bridgehead atoms. The maximum Gasteiger partial charge on any atom is 0.254 e. The first kappa shape index (κ1) is 25.0. The van der Waals surface area contributed by atoms with E-state index in [0.29, 0.717) is 42.5 Å². The number of carbonyl (C=O) groups is 2. The van der Waals surface area contributed by atoms with Gasteiger partial charge in [0.15, 0.2) is 0 Å². The van der Waals surface area contributed by atoms with Crippen molar-refractivity contribution in [2.45, 2.75) is 64.6 Å². The standard InChI is InChI=1S/C30H32ClN3O4/c1-19-15-22(32-38-19)18-37-27-12-11-25(31)24-13-14-34(29(35)20-7-3-2-4-8-20)26(28(24)27)17-33-16-21-9-5-6-10-23(21)30(33)36/h5-6,9-12,15,20,26H,2-4,7-8,13-14,16-18H2,1H3/t26-/m1/s1. The molecule has 1 aromatic heterocycles. The number of fused-ring (bicyclic) bond motifs is 2. The lowest BCUT2D eigenvalue weighted by Gasteiger charge is -2.42. The third-order valence-corrected chi connectivity index (χ3v) is 8.51. The number of hydrogen-bond donors (Lipinski definition) is 0. The van der Waals surface area contributed by atoms with Gasteiger partial charge in [-0.1, -0.05) is 54.2 Å². The fraction of sp³-hybridized carbons (Fsp3) is 0.433. The molecule has 3 heterocycles. The van der Waals surface area contributed by atoms with Crippen LogP contribution in [0, 0.1) is 12.8 Å². The number of hydrogen-bond acceptors (Lipinski definition) is 5. The molecular weight excluding hydrogens is 502 g/mol. The molecule has 2 aromatic carbocycles. The molecule has 38 heavy (non-hydrogen) atoms. The summed E-state index contributed by atoms with van der Waals surface area (Å²) in [6, 6.07) is 13.0. The van der Waals surface area contributed by atoms with Crippen LogP contribution in [0.1, 0.15) is 76.6 Å². The number of benzene rings is 2. The zero-order valence-electron chi connectivity index (χ0n) is 21.6. The fourth-order valence-electron chi connectivity index (χ4n) is 6.25. The molecule has 198 valence electrons. The normalized spacial score (nSPS) is 19.4. The largest absolute Gasteiger partial charge is 0.487 e. The summed E-state index contributed by atoms with van der Waals surface area (Å²) in [4.78, 5) is 31.2. The third-order valence-electron chi connectivity index (χ3n) is 8.15. The first-order valence-corrected chi connectivity index (χ1v) is 13.9. The quantitative estimate of drug-likeness (QED) is 0.395. The van der Waals surface area contributed by atoms with Crippen LogP contribution in [0.2, 0.25) is 5.02 Å². The molecular formula is C30H32ClN3O4. The van der Waals surface area contributed by atoms with Gasteiger partial charge in [0.25, 0.3) is 5.91 Å². The highest BCUT2D eigenvalue weighted by molar-refractivity contribution is 6.31. The second-order valence-corrected chi connectivity index (χ2v) is 11.0. The lowest BCUT2D eigenvalue weighted by Crippen LogP contribution is -2.48. The highest BCUT2D eigenvalue weighted by atomic mass is 35.5. The molecule has 8 heteroatoms. The van der Waals surface area contributed by atoms with Gasteiger partial charge in [-0.15, -0.1) is 0 Å². The van der Waals surface area contributed by atoms with Gasteiger partial charge in [-0.05, 0) is 55.5 Å². The van der Waals surface area contributed by atoms with Crippen LogP contribution in [-0.2, 0) is 24.4 Å². The fourth-order valence-corrected chi connectivity index (χ4v) is 6.51. The van der Waals surface area contributed by atoms with Gasteiger partial charge < -0.3 is 19.1 Å². The molecule has 2 amide bonds. The number of ether oxygens (including phenoxy) is 1. The van der Waals surface area contributed by atoms with Gasteiger partial charge in [-0.2, -0.15) is 0 Å². The van der Waals surface area contributed by atoms with E-state index in [1.165, 1.54) is 6.42 Å². The maximum absolute atomic E-state index is 14.0. The van der Waals surface area contributed by atoms with Crippen molar-refractivity contribution >= 4 is 23.4 Å². The molecule has 0 radical (unpaired) electrons. The summed E-state index contributed by atoms with van der Waals surface area (Å²) in [6.07, 6.45) is 5.86. The average molecular weight is 534 g/mol. The van der Waals surface area contributed by atoms with Gasteiger partial charge >= 0.3 is 0 Å². The molecule has 3 aromatic rings. The van der Waals surface area contributed by atoms with Crippen LogP contribution in [0.4, 0.5) is 0 Å². The summed E-state index contributed by atoms with van der Waals surface area (Å²) in [5.74, 6) is 1.60. The van der Waals surface area contributed by atoms with Crippen molar-refractivity contribution in [1.29, 1.82) is 0 Å². The minimum absolute atomic E-state index is 0.000331. The Morgan fingerprint density at radius 1 is 1.16 bits per heavy atom. The van der Waals surface area contributed by atoms with Crippen molar-refractivity contribution in [2.24, 2.45) is 5.92 Å². The van der Waals surface area contributed by atoms with Crippen LogP contribution >= 0.6 is 11.6 Å². The second kappa shape index (κ2) is 10.4. The van der Waals surface area contributed by atoms with Gasteiger partial charge in [0.05, 0.1) is 6.04 Å². The Labute approximate surface area is 227 Å². The molecule has 6 rings (SSSR count). The lowest BCUT2D eigenvalue weighted by molar-refractivity contribution is -0.140. The zero-order valence-corrected chi connectivity index (χ0v) is 22.4. The number of rotatable bonds is 6. The predicted molar refractivity (Wildman–Crippen MR) is 143 cm³/mol. The van der Waals surface area contributed by atoms with E-state index in [-0.39, 0.29) is 30.4 Å². The highest BCUT2D eigenvalue weighted by Crippen LogP contribution is 2.43. The smallest absolute Gasteiger partial charge is 0.254 e. The minimum Gasteiger partial charge on any atom is -0.487 e. The Balaban J connectivity index is 1.36. The molecule has 3 aliphatic rings. The Bertz CT molecular complexity index is 1360. The van der Waals surface area contributed by atoms with Crippen molar-refractivity contribution in [1.82, 2.24) is 15.0 Å². The number of aromatic nitrogens is 1. The predicted octanol–water partition coefficient (Wildman–Crippen LogP) is 5.88. The summed E-state index contributed by atoms with van der Waals surface area (Å²) < 4.78 is 11.5. The van der Waals surface area contributed by atoms with Gasteiger partial charge in [-0.25, -0.2) is 0 Å².